The highest BCUT2D eigenvalue weighted by Gasteiger charge is 2.25. The molecule has 2 aliphatic heterocycles. The van der Waals surface area contributed by atoms with Crippen molar-refractivity contribution in [1.29, 1.82) is 0 Å². The maximum atomic E-state index is 2.87. The fourth-order valence-corrected chi connectivity index (χ4v) is 5.34. The van der Waals surface area contributed by atoms with Crippen LogP contribution in [0.15, 0.2) is 11.3 Å². The Kier molecular flexibility index (Phi) is 10.3. The fourth-order valence-electron chi connectivity index (χ4n) is 4.39. The molecule has 0 spiro atoms. The molecule has 0 aromatic heterocycles. The Morgan fingerprint density at radius 2 is 1.21 bits per heavy atom. The van der Waals surface area contributed by atoms with Gasteiger partial charge in [0.15, 0.2) is 0 Å². The van der Waals surface area contributed by atoms with Gasteiger partial charge in [0.1, 0.15) is 0 Å². The lowest BCUT2D eigenvalue weighted by Gasteiger charge is -2.41. The lowest BCUT2D eigenvalue weighted by Crippen LogP contribution is -2.50. The second kappa shape index (κ2) is 12.3. The van der Waals surface area contributed by atoms with Gasteiger partial charge in [-0.05, 0) is 65.2 Å². The molecule has 2 nitrogen and oxygen atoms in total. The van der Waals surface area contributed by atoms with Crippen LogP contribution in [-0.2, 0) is 0 Å². The Morgan fingerprint density at radius 3 is 1.62 bits per heavy atom. The molecular weight excluding hydrogens is 308 g/mol. The largest absolute Gasteiger partial charge is 0.288 e. The minimum Gasteiger partial charge on any atom is -0.288 e. The molecule has 140 valence electrons. The highest BCUT2D eigenvalue weighted by molar-refractivity contribution is 6.42. The second-order valence-corrected chi connectivity index (χ2v) is 10.1. The molecule has 3 heteroatoms. The van der Waals surface area contributed by atoms with Crippen molar-refractivity contribution in [3.63, 3.8) is 0 Å². The summed E-state index contributed by atoms with van der Waals surface area (Å²) in [4.78, 5) is 5.73. The standard InChI is InChI=1S/C21H42N2Si/c1-3-24-19-20(2)18-21(22-14-10-6-4-7-11-15-22)23-16-12-8-5-9-13-17-23/h19,21H,3-18,24H2,1-2H3. The number of likely N-dealkylation sites (tertiary alicyclic amines) is 2. The van der Waals surface area contributed by atoms with Crippen LogP contribution in [0.5, 0.6) is 0 Å². The average Bonchev–Trinajstić information content (AvgIpc) is 2.51. The summed E-state index contributed by atoms with van der Waals surface area (Å²) in [7, 11) is 0.0506. The van der Waals surface area contributed by atoms with Gasteiger partial charge < -0.3 is 0 Å². The number of hydrogen-bond donors (Lipinski definition) is 0. The molecule has 2 heterocycles. The Hall–Kier alpha value is -0.123. The van der Waals surface area contributed by atoms with E-state index in [0.717, 1.165) is 0 Å². The van der Waals surface area contributed by atoms with Gasteiger partial charge in [0.2, 0.25) is 0 Å². The van der Waals surface area contributed by atoms with Crippen LogP contribution < -0.4 is 0 Å². The molecule has 2 saturated heterocycles. The zero-order valence-electron chi connectivity index (χ0n) is 16.6. The van der Waals surface area contributed by atoms with Crippen molar-refractivity contribution < 1.29 is 0 Å². The Balaban J connectivity index is 2.05. The predicted molar refractivity (Wildman–Crippen MR) is 111 cm³/mol. The number of nitrogens with zero attached hydrogens (tertiary/aromatic N) is 2. The molecule has 2 aliphatic rings. The Morgan fingerprint density at radius 1 is 0.792 bits per heavy atom. The first-order valence-corrected chi connectivity index (χ1v) is 12.8. The molecular formula is C21H42N2Si. The van der Waals surface area contributed by atoms with E-state index in [1.54, 1.807) is 5.57 Å². The minimum atomic E-state index is 0.0506. The van der Waals surface area contributed by atoms with E-state index in [1.165, 1.54) is 103 Å². The third-order valence-electron chi connectivity index (χ3n) is 5.91. The van der Waals surface area contributed by atoms with Gasteiger partial charge in [0.05, 0.1) is 6.17 Å². The predicted octanol–water partition coefficient (Wildman–Crippen LogP) is 4.75. The molecule has 0 amide bonds. The first-order chi connectivity index (χ1) is 11.8. The maximum absolute atomic E-state index is 2.87. The van der Waals surface area contributed by atoms with Gasteiger partial charge >= 0.3 is 0 Å². The van der Waals surface area contributed by atoms with Gasteiger partial charge in [-0.1, -0.05) is 57.1 Å². The van der Waals surface area contributed by atoms with Gasteiger partial charge in [-0.25, -0.2) is 0 Å². The van der Waals surface area contributed by atoms with Crippen molar-refractivity contribution in [2.75, 3.05) is 26.2 Å². The SMILES string of the molecule is CC[SiH2]C=C(C)CC(N1CCCCCCC1)N1CCCCCCC1. The maximum Gasteiger partial charge on any atom is 0.0660 e. The minimum absolute atomic E-state index is 0.0506. The van der Waals surface area contributed by atoms with Crippen molar-refractivity contribution in [2.24, 2.45) is 0 Å². The summed E-state index contributed by atoms with van der Waals surface area (Å²) >= 11 is 0. The zero-order chi connectivity index (χ0) is 17.0. The molecule has 0 unspecified atom stereocenters. The second-order valence-electron chi connectivity index (χ2n) is 8.13. The Bertz CT molecular complexity index is 318. The fraction of sp³-hybridized carbons (Fsp3) is 0.905. The topological polar surface area (TPSA) is 6.48 Å². The highest BCUT2D eigenvalue weighted by atomic mass is 28.2. The molecule has 0 bridgehead atoms. The third kappa shape index (κ3) is 7.41. The smallest absolute Gasteiger partial charge is 0.0660 e. The quantitative estimate of drug-likeness (QED) is 0.638. The number of hydrogen-bond acceptors (Lipinski definition) is 2. The summed E-state index contributed by atoms with van der Waals surface area (Å²) in [5.74, 6) is 0. The van der Waals surface area contributed by atoms with Gasteiger partial charge in [-0.2, -0.15) is 0 Å². The van der Waals surface area contributed by atoms with E-state index in [0.29, 0.717) is 6.17 Å². The van der Waals surface area contributed by atoms with Crippen LogP contribution in [0.3, 0.4) is 0 Å². The summed E-state index contributed by atoms with van der Waals surface area (Å²) in [6, 6.07) is 1.41. The first-order valence-electron chi connectivity index (χ1n) is 10.9. The van der Waals surface area contributed by atoms with Gasteiger partial charge in [-0.3, -0.25) is 9.80 Å². The lowest BCUT2D eigenvalue weighted by atomic mass is 10.0. The van der Waals surface area contributed by atoms with Gasteiger partial charge in [-0.15, -0.1) is 5.70 Å². The van der Waals surface area contributed by atoms with E-state index in [4.69, 9.17) is 0 Å². The van der Waals surface area contributed by atoms with Crippen LogP contribution >= 0.6 is 0 Å². The van der Waals surface area contributed by atoms with E-state index in [2.05, 4.69) is 29.3 Å². The van der Waals surface area contributed by atoms with Crippen LogP contribution in [0.4, 0.5) is 0 Å². The molecule has 0 aromatic carbocycles. The molecule has 0 aromatic rings. The summed E-state index contributed by atoms with van der Waals surface area (Å²) in [6.45, 7) is 10.1. The van der Waals surface area contributed by atoms with Gasteiger partial charge in [0.25, 0.3) is 0 Å². The van der Waals surface area contributed by atoms with E-state index < -0.39 is 0 Å². The summed E-state index contributed by atoms with van der Waals surface area (Å²) in [6.07, 6.45) is 16.3. The van der Waals surface area contributed by atoms with Gasteiger partial charge in [0, 0.05) is 9.52 Å². The van der Waals surface area contributed by atoms with E-state index in [1.807, 2.05) is 0 Å². The number of rotatable bonds is 6. The summed E-state index contributed by atoms with van der Waals surface area (Å²) in [5.41, 5.74) is 4.32. The van der Waals surface area contributed by atoms with Crippen molar-refractivity contribution in [3.05, 3.63) is 11.3 Å². The van der Waals surface area contributed by atoms with Crippen molar-refractivity contribution in [2.45, 2.75) is 96.7 Å². The van der Waals surface area contributed by atoms with Crippen molar-refractivity contribution in [1.82, 2.24) is 9.80 Å². The molecule has 2 rings (SSSR count). The third-order valence-corrected chi connectivity index (χ3v) is 7.47. The summed E-state index contributed by atoms with van der Waals surface area (Å²) < 4.78 is 0. The molecule has 2 fully saturated rings. The summed E-state index contributed by atoms with van der Waals surface area (Å²) in [5, 5.41) is 0. The Labute approximate surface area is 153 Å². The average molecular weight is 351 g/mol. The van der Waals surface area contributed by atoms with Crippen molar-refractivity contribution >= 4 is 9.52 Å². The van der Waals surface area contributed by atoms with E-state index in [-0.39, 0.29) is 9.52 Å². The normalized spacial score (nSPS) is 24.0. The molecule has 0 radical (unpaired) electrons. The molecule has 0 saturated carbocycles. The van der Waals surface area contributed by atoms with Crippen LogP contribution in [0, 0.1) is 0 Å². The monoisotopic (exact) mass is 350 g/mol. The van der Waals surface area contributed by atoms with E-state index in [9.17, 15) is 0 Å². The zero-order valence-corrected chi connectivity index (χ0v) is 18.0. The molecule has 24 heavy (non-hydrogen) atoms. The lowest BCUT2D eigenvalue weighted by molar-refractivity contribution is 0.0309. The molecule has 0 N–H and O–H groups in total. The van der Waals surface area contributed by atoms with Crippen LogP contribution in [0.25, 0.3) is 0 Å². The molecule has 0 atom stereocenters. The van der Waals surface area contributed by atoms with Crippen molar-refractivity contribution in [3.8, 4) is 0 Å². The molecule has 0 aliphatic carbocycles. The van der Waals surface area contributed by atoms with Crippen LogP contribution in [0.1, 0.15) is 84.5 Å². The van der Waals surface area contributed by atoms with E-state index >= 15 is 0 Å². The van der Waals surface area contributed by atoms with Crippen LogP contribution in [0.2, 0.25) is 6.04 Å². The first kappa shape index (κ1) is 20.2. The van der Waals surface area contributed by atoms with Crippen LogP contribution in [-0.4, -0.2) is 51.7 Å². The highest BCUT2D eigenvalue weighted by Crippen LogP contribution is 2.23.